The normalized spacial score (nSPS) is 20.4. The monoisotopic (exact) mass is 505 g/mol. The summed E-state index contributed by atoms with van der Waals surface area (Å²) in [6.07, 6.45) is 2.04. The highest BCUT2D eigenvalue weighted by Crippen LogP contribution is 2.55. The van der Waals surface area contributed by atoms with E-state index in [1.165, 1.54) is 27.8 Å². The minimum Gasteiger partial charge on any atom is -0.459 e. The Morgan fingerprint density at radius 1 is 1.06 bits per heavy atom. The molecule has 4 nitrogen and oxygen atoms in total. The Kier molecular flexibility index (Phi) is 5.53. The number of nitrogens with zero attached hydrogens (tertiary/aromatic N) is 3. The van der Waals surface area contributed by atoms with E-state index in [-0.39, 0.29) is 5.41 Å². The Balaban J connectivity index is 1.69. The van der Waals surface area contributed by atoms with Crippen LogP contribution in [0.3, 0.4) is 0 Å². The standard InChI is InChI=1S/C28H32BrN3O/c1-6-32(7-2)17-21-15-20-10-8-9-11-22(20)25-26(21)33-28(18-30-25)27(3,4)23-13-12-19(16-29)14-24(23)31(28)5/h8-15,18H,6-7,16-17H2,1-5H3. The average molecular weight is 506 g/mol. The van der Waals surface area contributed by atoms with Crippen LogP contribution < -0.4 is 9.64 Å². The van der Waals surface area contributed by atoms with E-state index in [0.717, 1.165) is 41.8 Å². The van der Waals surface area contributed by atoms with Crippen LogP contribution in [-0.2, 0) is 17.3 Å². The number of likely N-dealkylation sites (N-methyl/N-ethyl adjacent to an activating group) is 1. The van der Waals surface area contributed by atoms with Gasteiger partial charge in [0.15, 0.2) is 5.75 Å². The Labute approximate surface area is 205 Å². The number of halogens is 1. The summed E-state index contributed by atoms with van der Waals surface area (Å²) in [5.41, 5.74) is 4.94. The molecule has 2 aliphatic heterocycles. The summed E-state index contributed by atoms with van der Waals surface area (Å²) < 4.78 is 7.13. The third-order valence-electron chi connectivity index (χ3n) is 7.61. The quantitative estimate of drug-likeness (QED) is 0.357. The van der Waals surface area contributed by atoms with Crippen molar-refractivity contribution in [1.82, 2.24) is 4.90 Å². The fraction of sp³-hybridized carbons (Fsp3) is 0.393. The zero-order chi connectivity index (χ0) is 23.4. The van der Waals surface area contributed by atoms with E-state index in [2.05, 4.69) is 109 Å². The number of alkyl halides is 1. The fourth-order valence-electron chi connectivity index (χ4n) is 5.45. The molecule has 0 N–H and O–H groups in total. The Bertz CT molecular complexity index is 1250. The van der Waals surface area contributed by atoms with Crippen molar-refractivity contribution in [2.45, 2.75) is 50.7 Å². The molecule has 0 fully saturated rings. The van der Waals surface area contributed by atoms with Crippen LogP contribution >= 0.6 is 15.9 Å². The number of rotatable bonds is 5. The third kappa shape index (κ3) is 3.23. The van der Waals surface area contributed by atoms with E-state index in [4.69, 9.17) is 9.73 Å². The predicted molar refractivity (Wildman–Crippen MR) is 143 cm³/mol. The van der Waals surface area contributed by atoms with Gasteiger partial charge in [0, 0.05) is 35.6 Å². The molecule has 0 aliphatic carbocycles. The maximum absolute atomic E-state index is 7.13. The maximum atomic E-state index is 7.13. The van der Waals surface area contributed by atoms with Gasteiger partial charge in [0.05, 0.1) is 11.6 Å². The summed E-state index contributed by atoms with van der Waals surface area (Å²) in [5, 5.41) is 3.18. The molecule has 2 aliphatic rings. The highest BCUT2D eigenvalue weighted by atomic mass is 79.9. The van der Waals surface area contributed by atoms with Crippen LogP contribution in [0.25, 0.3) is 10.8 Å². The molecule has 0 aromatic heterocycles. The summed E-state index contributed by atoms with van der Waals surface area (Å²) in [4.78, 5) is 9.83. The molecule has 5 heteroatoms. The summed E-state index contributed by atoms with van der Waals surface area (Å²) in [6, 6.07) is 17.5. The largest absolute Gasteiger partial charge is 0.459 e. The number of aliphatic imine (C=N–C) groups is 1. The molecule has 33 heavy (non-hydrogen) atoms. The number of benzene rings is 3. The van der Waals surface area contributed by atoms with E-state index in [1.807, 2.05) is 6.21 Å². The second-order valence-corrected chi connectivity index (χ2v) is 10.2. The number of hydrogen-bond donors (Lipinski definition) is 0. The molecule has 3 aromatic rings. The zero-order valence-corrected chi connectivity index (χ0v) is 21.7. The maximum Gasteiger partial charge on any atom is 0.228 e. The molecule has 1 spiro atoms. The first-order valence-electron chi connectivity index (χ1n) is 11.8. The van der Waals surface area contributed by atoms with Gasteiger partial charge in [0.2, 0.25) is 5.72 Å². The van der Waals surface area contributed by atoms with E-state index in [0.29, 0.717) is 0 Å². The van der Waals surface area contributed by atoms with Gasteiger partial charge in [-0.1, -0.05) is 66.2 Å². The number of anilines is 1. The zero-order valence-electron chi connectivity index (χ0n) is 20.2. The predicted octanol–water partition coefficient (Wildman–Crippen LogP) is 6.80. The van der Waals surface area contributed by atoms with Gasteiger partial charge in [-0.3, -0.25) is 9.89 Å². The van der Waals surface area contributed by atoms with Crippen LogP contribution in [-0.4, -0.2) is 37.0 Å². The van der Waals surface area contributed by atoms with Crippen molar-refractivity contribution in [3.8, 4) is 5.75 Å². The summed E-state index contributed by atoms with van der Waals surface area (Å²) in [6.45, 7) is 11.8. The van der Waals surface area contributed by atoms with Crippen molar-refractivity contribution in [3.63, 3.8) is 0 Å². The minimum atomic E-state index is -0.687. The van der Waals surface area contributed by atoms with Gasteiger partial charge < -0.3 is 9.64 Å². The highest BCUT2D eigenvalue weighted by molar-refractivity contribution is 9.08. The minimum absolute atomic E-state index is 0.277. The molecule has 0 saturated heterocycles. The van der Waals surface area contributed by atoms with Gasteiger partial charge in [-0.15, -0.1) is 0 Å². The van der Waals surface area contributed by atoms with E-state index in [1.54, 1.807) is 0 Å². The van der Waals surface area contributed by atoms with Gasteiger partial charge in [-0.2, -0.15) is 0 Å². The van der Waals surface area contributed by atoms with Crippen LogP contribution in [0.5, 0.6) is 5.75 Å². The Hall–Kier alpha value is -2.37. The fourth-order valence-corrected chi connectivity index (χ4v) is 5.80. The average Bonchev–Trinajstić information content (AvgIpc) is 3.00. The summed E-state index contributed by atoms with van der Waals surface area (Å²) >= 11 is 3.61. The number of hydrogen-bond acceptors (Lipinski definition) is 4. The Morgan fingerprint density at radius 3 is 2.55 bits per heavy atom. The molecule has 1 unspecified atom stereocenters. The van der Waals surface area contributed by atoms with Gasteiger partial charge in [0.1, 0.15) is 5.69 Å². The lowest BCUT2D eigenvalue weighted by Gasteiger charge is -2.45. The summed E-state index contributed by atoms with van der Waals surface area (Å²) in [7, 11) is 2.13. The Morgan fingerprint density at radius 2 is 1.82 bits per heavy atom. The van der Waals surface area contributed by atoms with Crippen molar-refractivity contribution in [3.05, 3.63) is 65.2 Å². The SMILES string of the molecule is CCN(CC)Cc1cc2ccccc2c2c1OC1(C=N2)N(C)c2cc(CBr)ccc2C1(C)C. The molecule has 2 heterocycles. The van der Waals surface area contributed by atoms with Gasteiger partial charge in [-0.25, -0.2) is 0 Å². The van der Waals surface area contributed by atoms with Gasteiger partial charge >= 0.3 is 0 Å². The van der Waals surface area contributed by atoms with Crippen molar-refractivity contribution in [2.24, 2.45) is 4.99 Å². The second kappa shape index (κ2) is 8.14. The molecule has 0 amide bonds. The van der Waals surface area contributed by atoms with E-state index in [9.17, 15) is 0 Å². The van der Waals surface area contributed by atoms with E-state index < -0.39 is 5.72 Å². The third-order valence-corrected chi connectivity index (χ3v) is 8.26. The molecule has 0 radical (unpaired) electrons. The van der Waals surface area contributed by atoms with Crippen LogP contribution in [0, 0.1) is 0 Å². The van der Waals surface area contributed by atoms with Gasteiger partial charge in [0.25, 0.3) is 0 Å². The molecule has 172 valence electrons. The molecular formula is C28H32BrN3O. The molecule has 5 rings (SSSR count). The lowest BCUT2D eigenvalue weighted by atomic mass is 9.77. The number of fused-ring (bicyclic) bond motifs is 4. The topological polar surface area (TPSA) is 28.1 Å². The van der Waals surface area contributed by atoms with Crippen LogP contribution in [0.1, 0.15) is 44.4 Å². The first kappa shape index (κ1) is 22.4. The highest BCUT2D eigenvalue weighted by Gasteiger charge is 2.58. The van der Waals surface area contributed by atoms with Crippen LogP contribution in [0.15, 0.2) is 53.5 Å². The smallest absolute Gasteiger partial charge is 0.228 e. The summed E-state index contributed by atoms with van der Waals surface area (Å²) in [5.74, 6) is 0.913. The van der Waals surface area contributed by atoms with Crippen molar-refractivity contribution < 1.29 is 4.74 Å². The molecule has 0 saturated carbocycles. The second-order valence-electron chi connectivity index (χ2n) is 9.62. The van der Waals surface area contributed by atoms with Crippen molar-refractivity contribution in [1.29, 1.82) is 0 Å². The molecule has 3 aromatic carbocycles. The molecule has 1 atom stereocenters. The first-order chi connectivity index (χ1) is 15.9. The van der Waals surface area contributed by atoms with Gasteiger partial charge in [-0.05, 0) is 55.6 Å². The van der Waals surface area contributed by atoms with Crippen molar-refractivity contribution >= 4 is 44.3 Å². The molecule has 0 bridgehead atoms. The van der Waals surface area contributed by atoms with E-state index >= 15 is 0 Å². The first-order valence-corrected chi connectivity index (χ1v) is 12.9. The number of ether oxygens (including phenoxy) is 1. The van der Waals surface area contributed by atoms with Crippen LogP contribution in [0.4, 0.5) is 11.4 Å². The van der Waals surface area contributed by atoms with Crippen LogP contribution in [0.2, 0.25) is 0 Å². The molecular weight excluding hydrogens is 474 g/mol. The lowest BCUT2D eigenvalue weighted by Crippen LogP contribution is -2.61. The van der Waals surface area contributed by atoms with Crippen molar-refractivity contribution in [2.75, 3.05) is 25.0 Å². The lowest BCUT2D eigenvalue weighted by molar-refractivity contribution is 0.0804.